The second-order valence-corrected chi connectivity index (χ2v) is 4.53. The Morgan fingerprint density at radius 3 is 2.74 bits per heavy atom. The number of ether oxygens (including phenoxy) is 1. The summed E-state index contributed by atoms with van der Waals surface area (Å²) >= 11 is 0. The zero-order valence-electron chi connectivity index (χ0n) is 11.6. The van der Waals surface area contributed by atoms with Crippen LogP contribution in [-0.4, -0.2) is 54.8 Å². The molecular formula is C13H22N2O4. The molecule has 108 valence electrons. The molecule has 1 unspecified atom stereocenters. The van der Waals surface area contributed by atoms with Crippen molar-refractivity contribution in [3.05, 3.63) is 0 Å². The lowest BCUT2D eigenvalue weighted by Gasteiger charge is -2.33. The summed E-state index contributed by atoms with van der Waals surface area (Å²) in [4.78, 5) is 36.5. The van der Waals surface area contributed by atoms with Gasteiger partial charge in [-0.15, -0.1) is 0 Å². The molecule has 1 atom stereocenters. The Kier molecular flexibility index (Phi) is 6.49. The number of esters is 1. The average molecular weight is 270 g/mol. The Hall–Kier alpha value is -1.43. The molecule has 0 aromatic rings. The number of rotatable bonds is 7. The largest absolute Gasteiger partial charge is 0.466 e. The second kappa shape index (κ2) is 7.89. The van der Waals surface area contributed by atoms with E-state index in [1.54, 1.807) is 6.92 Å². The minimum atomic E-state index is -0.348. The van der Waals surface area contributed by atoms with Gasteiger partial charge in [0.25, 0.3) is 0 Å². The van der Waals surface area contributed by atoms with Crippen LogP contribution in [0.3, 0.4) is 0 Å². The molecule has 19 heavy (non-hydrogen) atoms. The number of amides is 1. The molecule has 0 bridgehead atoms. The third-order valence-corrected chi connectivity index (χ3v) is 3.12. The predicted molar refractivity (Wildman–Crippen MR) is 69.5 cm³/mol. The first-order valence-electron chi connectivity index (χ1n) is 6.77. The summed E-state index contributed by atoms with van der Waals surface area (Å²) in [7, 11) is 0. The normalized spacial score (nSPS) is 19.9. The molecule has 0 spiro atoms. The molecule has 1 saturated heterocycles. The van der Waals surface area contributed by atoms with Crippen molar-refractivity contribution in [1.82, 2.24) is 10.2 Å². The van der Waals surface area contributed by atoms with E-state index in [0.717, 1.165) is 0 Å². The number of Topliss-reactive ketones (excluding diaryl/α,β-unsaturated/α-hetero) is 1. The number of ketones is 1. The Morgan fingerprint density at radius 1 is 1.37 bits per heavy atom. The van der Waals surface area contributed by atoms with Crippen molar-refractivity contribution in [3.8, 4) is 0 Å². The highest BCUT2D eigenvalue weighted by atomic mass is 16.5. The van der Waals surface area contributed by atoms with Crippen molar-refractivity contribution in [1.29, 1.82) is 0 Å². The van der Waals surface area contributed by atoms with Crippen LogP contribution in [-0.2, 0) is 19.1 Å². The summed E-state index contributed by atoms with van der Waals surface area (Å²) < 4.78 is 4.77. The van der Waals surface area contributed by atoms with Crippen molar-refractivity contribution in [2.45, 2.75) is 39.2 Å². The van der Waals surface area contributed by atoms with Crippen LogP contribution in [0, 0.1) is 0 Å². The van der Waals surface area contributed by atoms with E-state index in [0.29, 0.717) is 26.1 Å². The highest BCUT2D eigenvalue weighted by Crippen LogP contribution is 2.09. The minimum absolute atomic E-state index is 0.0213. The first-order valence-corrected chi connectivity index (χ1v) is 6.77. The van der Waals surface area contributed by atoms with E-state index in [2.05, 4.69) is 5.32 Å². The van der Waals surface area contributed by atoms with Crippen LogP contribution in [0.2, 0.25) is 0 Å². The maximum Gasteiger partial charge on any atom is 0.306 e. The molecule has 0 aliphatic carbocycles. The number of nitrogens with zero attached hydrogens (tertiary/aromatic N) is 1. The highest BCUT2D eigenvalue weighted by Gasteiger charge is 2.29. The van der Waals surface area contributed by atoms with Gasteiger partial charge in [-0.2, -0.15) is 0 Å². The summed E-state index contributed by atoms with van der Waals surface area (Å²) in [5, 5.41) is 2.79. The predicted octanol–water partition coefficient (Wildman–Crippen LogP) is 0.109. The summed E-state index contributed by atoms with van der Waals surface area (Å²) in [6, 6.07) is -0.236. The first kappa shape index (κ1) is 15.6. The van der Waals surface area contributed by atoms with Crippen molar-refractivity contribution in [3.63, 3.8) is 0 Å². The Bertz CT molecular complexity index is 344. The van der Waals surface area contributed by atoms with Gasteiger partial charge in [0, 0.05) is 19.5 Å². The van der Waals surface area contributed by atoms with Crippen molar-refractivity contribution in [2.24, 2.45) is 0 Å². The van der Waals surface area contributed by atoms with Crippen molar-refractivity contribution in [2.75, 3.05) is 26.2 Å². The molecule has 6 heteroatoms. The minimum Gasteiger partial charge on any atom is -0.466 e. The van der Waals surface area contributed by atoms with Gasteiger partial charge in [0.15, 0.2) is 0 Å². The fourth-order valence-corrected chi connectivity index (χ4v) is 2.18. The molecule has 0 aromatic heterocycles. The summed E-state index contributed by atoms with van der Waals surface area (Å²) in [6.45, 7) is 5.46. The van der Waals surface area contributed by atoms with E-state index < -0.39 is 0 Å². The zero-order valence-corrected chi connectivity index (χ0v) is 11.6. The second-order valence-electron chi connectivity index (χ2n) is 4.53. The maximum absolute atomic E-state index is 11.8. The summed E-state index contributed by atoms with van der Waals surface area (Å²) in [6.07, 6.45) is 0.966. The molecule has 0 saturated carbocycles. The Balaban J connectivity index is 2.38. The Labute approximate surface area is 113 Å². The van der Waals surface area contributed by atoms with Crippen LogP contribution in [0.5, 0.6) is 0 Å². The van der Waals surface area contributed by atoms with E-state index in [1.807, 2.05) is 11.8 Å². The van der Waals surface area contributed by atoms with Gasteiger partial charge in [0.2, 0.25) is 5.91 Å². The maximum atomic E-state index is 11.8. The van der Waals surface area contributed by atoms with Gasteiger partial charge < -0.3 is 10.1 Å². The number of nitrogens with one attached hydrogen (secondary N) is 1. The van der Waals surface area contributed by atoms with E-state index in [9.17, 15) is 14.4 Å². The van der Waals surface area contributed by atoms with Crippen LogP contribution < -0.4 is 5.32 Å². The molecule has 0 aromatic carbocycles. The van der Waals surface area contributed by atoms with E-state index in [1.165, 1.54) is 0 Å². The lowest BCUT2D eigenvalue weighted by molar-refractivity contribution is -0.144. The summed E-state index contributed by atoms with van der Waals surface area (Å²) in [5.74, 6) is -0.396. The fourth-order valence-electron chi connectivity index (χ4n) is 2.18. The first-order chi connectivity index (χ1) is 9.08. The smallest absolute Gasteiger partial charge is 0.306 e. The molecule has 1 heterocycles. The summed E-state index contributed by atoms with van der Waals surface area (Å²) in [5.41, 5.74) is 0. The molecule has 1 N–H and O–H groups in total. The zero-order chi connectivity index (χ0) is 14.3. The van der Waals surface area contributed by atoms with E-state index in [4.69, 9.17) is 4.74 Å². The number of carbonyl (C=O) groups excluding carboxylic acids is 3. The monoisotopic (exact) mass is 270 g/mol. The van der Waals surface area contributed by atoms with Gasteiger partial charge >= 0.3 is 5.97 Å². The third-order valence-electron chi connectivity index (χ3n) is 3.12. The van der Waals surface area contributed by atoms with Crippen LogP contribution in [0.25, 0.3) is 0 Å². The van der Waals surface area contributed by atoms with Crippen molar-refractivity contribution >= 4 is 17.7 Å². The lowest BCUT2D eigenvalue weighted by Crippen LogP contribution is -2.56. The van der Waals surface area contributed by atoms with Gasteiger partial charge in [-0.3, -0.25) is 19.3 Å². The molecule has 1 amide bonds. The fraction of sp³-hybridized carbons (Fsp3) is 0.769. The topological polar surface area (TPSA) is 75.7 Å². The third kappa shape index (κ3) is 4.98. The molecule has 1 aliphatic heterocycles. The van der Waals surface area contributed by atoms with Crippen LogP contribution in [0.4, 0.5) is 0 Å². The van der Waals surface area contributed by atoms with Gasteiger partial charge in [-0.05, 0) is 13.3 Å². The average Bonchev–Trinajstić information content (AvgIpc) is 2.37. The van der Waals surface area contributed by atoms with Crippen LogP contribution in [0.1, 0.15) is 33.1 Å². The van der Waals surface area contributed by atoms with Gasteiger partial charge in [0.05, 0.1) is 25.6 Å². The quantitative estimate of drug-likeness (QED) is 0.664. The number of hydrogen-bond donors (Lipinski definition) is 1. The van der Waals surface area contributed by atoms with E-state index in [-0.39, 0.29) is 43.1 Å². The van der Waals surface area contributed by atoms with Gasteiger partial charge in [-0.1, -0.05) is 6.92 Å². The number of hydrogen-bond acceptors (Lipinski definition) is 5. The van der Waals surface area contributed by atoms with Crippen LogP contribution >= 0.6 is 0 Å². The molecule has 6 nitrogen and oxygen atoms in total. The SMILES string of the molecule is CCOC(=O)CCC(=O)CN1CCNC(=O)C1CC. The number of carbonyl (C=O) groups is 3. The molecular weight excluding hydrogens is 248 g/mol. The number of piperazine rings is 1. The molecule has 1 aliphatic rings. The van der Waals surface area contributed by atoms with E-state index >= 15 is 0 Å². The van der Waals surface area contributed by atoms with Gasteiger partial charge in [0.1, 0.15) is 5.78 Å². The lowest BCUT2D eigenvalue weighted by atomic mass is 10.1. The van der Waals surface area contributed by atoms with Gasteiger partial charge in [-0.25, -0.2) is 0 Å². The molecule has 0 radical (unpaired) electrons. The van der Waals surface area contributed by atoms with Crippen LogP contribution in [0.15, 0.2) is 0 Å². The standard InChI is InChI=1S/C13H22N2O4/c1-3-11-13(18)14-7-8-15(11)9-10(16)5-6-12(17)19-4-2/h11H,3-9H2,1-2H3,(H,14,18). The molecule has 1 rings (SSSR count). The Morgan fingerprint density at radius 2 is 2.11 bits per heavy atom. The molecule has 1 fully saturated rings. The highest BCUT2D eigenvalue weighted by molar-refractivity contribution is 5.86. The van der Waals surface area contributed by atoms with Crippen molar-refractivity contribution < 1.29 is 19.1 Å².